The molecule has 94 valence electrons. The second-order valence-electron chi connectivity index (χ2n) is 4.15. The molecule has 0 fully saturated rings. The van der Waals surface area contributed by atoms with Gasteiger partial charge >= 0.3 is 0 Å². The van der Waals surface area contributed by atoms with Gasteiger partial charge in [-0.25, -0.2) is 4.39 Å². The third-order valence-corrected chi connectivity index (χ3v) is 3.05. The number of amides is 1. The fraction of sp³-hybridized carbons (Fsp3) is 0.364. The normalized spacial score (nSPS) is 11.6. The predicted octanol–water partition coefficient (Wildman–Crippen LogP) is 3.19. The van der Waals surface area contributed by atoms with Gasteiger partial charge < -0.3 is 0 Å². The summed E-state index contributed by atoms with van der Waals surface area (Å²) in [6, 6.07) is 6.54. The first-order valence-electron chi connectivity index (χ1n) is 4.96. The van der Waals surface area contributed by atoms with E-state index in [1.54, 1.807) is 38.1 Å². The van der Waals surface area contributed by atoms with Crippen LogP contribution in [-0.4, -0.2) is 22.6 Å². The minimum absolute atomic E-state index is 0.287. The van der Waals surface area contributed by atoms with E-state index in [2.05, 4.69) is 5.43 Å². The van der Waals surface area contributed by atoms with Crippen LogP contribution >= 0.6 is 23.4 Å². The first-order chi connectivity index (χ1) is 7.88. The number of hydrogen-bond donors (Lipinski definition) is 1. The van der Waals surface area contributed by atoms with Gasteiger partial charge in [-0.15, -0.1) is 4.53 Å². The lowest BCUT2D eigenvalue weighted by Crippen LogP contribution is -2.49. The zero-order valence-corrected chi connectivity index (χ0v) is 11.0. The standard InChI is InChI=1S/C11H13Cl2FN2O/c1-11(2,7-14)16(13)15-10(17)8-5-3-4-6-9(8)12/h3-6H,7H2,1-2H3,(H,15,17). The summed E-state index contributed by atoms with van der Waals surface area (Å²) in [5.41, 5.74) is 1.66. The largest absolute Gasteiger partial charge is 0.270 e. The number of hydrazine groups is 1. The lowest BCUT2D eigenvalue weighted by molar-refractivity contribution is 0.0748. The molecule has 3 nitrogen and oxygen atoms in total. The molecular formula is C11H13Cl2FN2O. The van der Waals surface area contributed by atoms with Gasteiger partial charge in [0.15, 0.2) is 0 Å². The Morgan fingerprint density at radius 2 is 2.06 bits per heavy atom. The summed E-state index contributed by atoms with van der Waals surface area (Å²) in [6.07, 6.45) is 0. The number of benzene rings is 1. The molecule has 0 aromatic heterocycles. The van der Waals surface area contributed by atoms with Gasteiger partial charge in [0.05, 0.1) is 16.1 Å². The smallest absolute Gasteiger partial charge is 0.268 e. The Morgan fingerprint density at radius 1 is 1.47 bits per heavy atom. The maximum absolute atomic E-state index is 12.7. The average molecular weight is 279 g/mol. The number of halogens is 3. The van der Waals surface area contributed by atoms with E-state index >= 15 is 0 Å². The SMILES string of the molecule is CC(C)(CF)N(Cl)NC(=O)c1ccccc1Cl. The van der Waals surface area contributed by atoms with Crippen LogP contribution in [0.1, 0.15) is 24.2 Å². The van der Waals surface area contributed by atoms with Gasteiger partial charge in [-0.1, -0.05) is 23.7 Å². The van der Waals surface area contributed by atoms with Crippen molar-refractivity contribution in [3.05, 3.63) is 34.9 Å². The summed E-state index contributed by atoms with van der Waals surface area (Å²) in [5, 5.41) is 0.313. The van der Waals surface area contributed by atoms with E-state index in [0.29, 0.717) is 5.02 Å². The van der Waals surface area contributed by atoms with Crippen molar-refractivity contribution in [2.45, 2.75) is 19.4 Å². The number of rotatable bonds is 4. The average Bonchev–Trinajstić information content (AvgIpc) is 2.29. The quantitative estimate of drug-likeness (QED) is 0.678. The van der Waals surface area contributed by atoms with Crippen molar-refractivity contribution in [2.75, 3.05) is 6.67 Å². The second kappa shape index (κ2) is 5.67. The second-order valence-corrected chi connectivity index (χ2v) is 4.89. The Balaban J connectivity index is 2.77. The van der Waals surface area contributed by atoms with Crippen molar-refractivity contribution in [1.82, 2.24) is 9.95 Å². The Kier molecular flexibility index (Phi) is 4.74. The molecule has 0 saturated carbocycles. The van der Waals surface area contributed by atoms with Gasteiger partial charge in [-0.3, -0.25) is 10.2 Å². The van der Waals surface area contributed by atoms with Crippen molar-refractivity contribution < 1.29 is 9.18 Å². The van der Waals surface area contributed by atoms with Gasteiger partial charge in [0.1, 0.15) is 6.67 Å². The van der Waals surface area contributed by atoms with Crippen molar-refractivity contribution >= 4 is 29.3 Å². The molecule has 0 bridgehead atoms. The Morgan fingerprint density at radius 3 is 2.59 bits per heavy atom. The summed E-state index contributed by atoms with van der Waals surface area (Å²) in [6.45, 7) is 2.43. The van der Waals surface area contributed by atoms with E-state index in [4.69, 9.17) is 23.4 Å². The molecule has 1 amide bonds. The maximum atomic E-state index is 12.7. The van der Waals surface area contributed by atoms with Crippen LogP contribution in [0.15, 0.2) is 24.3 Å². The van der Waals surface area contributed by atoms with E-state index in [-0.39, 0.29) is 5.56 Å². The number of nitrogens with one attached hydrogen (secondary N) is 1. The van der Waals surface area contributed by atoms with Crippen molar-refractivity contribution in [3.63, 3.8) is 0 Å². The predicted molar refractivity (Wildman–Crippen MR) is 66.7 cm³/mol. The highest BCUT2D eigenvalue weighted by Crippen LogP contribution is 2.18. The zero-order chi connectivity index (χ0) is 13.1. The highest BCUT2D eigenvalue weighted by molar-refractivity contribution is 6.33. The van der Waals surface area contributed by atoms with Crippen LogP contribution in [0.3, 0.4) is 0 Å². The van der Waals surface area contributed by atoms with Gasteiger partial charge in [0, 0.05) is 11.8 Å². The summed E-state index contributed by atoms with van der Waals surface area (Å²) in [5.74, 6) is -0.480. The summed E-state index contributed by atoms with van der Waals surface area (Å²) in [7, 11) is 0. The minimum atomic E-state index is -0.988. The third-order valence-electron chi connectivity index (χ3n) is 2.18. The number of carbonyl (C=O) groups is 1. The van der Waals surface area contributed by atoms with Crippen LogP contribution < -0.4 is 5.43 Å². The van der Waals surface area contributed by atoms with Crippen LogP contribution in [0.5, 0.6) is 0 Å². The minimum Gasteiger partial charge on any atom is -0.270 e. The summed E-state index contributed by atoms with van der Waals surface area (Å²) >= 11 is 11.6. The van der Waals surface area contributed by atoms with Gasteiger partial charge in [0.25, 0.3) is 5.91 Å². The fourth-order valence-corrected chi connectivity index (χ4v) is 1.34. The monoisotopic (exact) mass is 278 g/mol. The highest BCUT2D eigenvalue weighted by atomic mass is 35.5. The lowest BCUT2D eigenvalue weighted by atomic mass is 10.1. The molecule has 0 radical (unpaired) electrons. The summed E-state index contributed by atoms with van der Waals surface area (Å²) < 4.78 is 13.6. The molecule has 1 aromatic carbocycles. The molecular weight excluding hydrogens is 266 g/mol. The van der Waals surface area contributed by atoms with Crippen molar-refractivity contribution in [1.29, 1.82) is 0 Å². The lowest BCUT2D eigenvalue weighted by Gasteiger charge is -2.29. The molecule has 0 unspecified atom stereocenters. The van der Waals surface area contributed by atoms with E-state index in [9.17, 15) is 9.18 Å². The Bertz CT molecular complexity index is 412. The molecule has 1 rings (SSSR count). The molecule has 0 atom stereocenters. The van der Waals surface area contributed by atoms with Gasteiger partial charge in [0.2, 0.25) is 0 Å². The van der Waals surface area contributed by atoms with Crippen LogP contribution in [0.25, 0.3) is 0 Å². The molecule has 0 saturated heterocycles. The van der Waals surface area contributed by atoms with Crippen molar-refractivity contribution in [2.24, 2.45) is 0 Å². The van der Waals surface area contributed by atoms with Gasteiger partial charge in [-0.05, 0) is 26.0 Å². The number of hydrogen-bond acceptors (Lipinski definition) is 2. The molecule has 0 aliphatic heterocycles. The molecule has 0 aliphatic rings. The van der Waals surface area contributed by atoms with E-state index < -0.39 is 18.1 Å². The zero-order valence-electron chi connectivity index (χ0n) is 9.51. The third kappa shape index (κ3) is 3.56. The number of nitrogens with zero attached hydrogens (tertiary/aromatic N) is 1. The van der Waals surface area contributed by atoms with E-state index in [0.717, 1.165) is 4.53 Å². The molecule has 17 heavy (non-hydrogen) atoms. The fourth-order valence-electron chi connectivity index (χ4n) is 0.999. The molecule has 1 aromatic rings. The molecule has 0 aliphatic carbocycles. The Labute approximate surface area is 110 Å². The maximum Gasteiger partial charge on any atom is 0.268 e. The Hall–Kier alpha value is -0.840. The highest BCUT2D eigenvalue weighted by Gasteiger charge is 2.27. The van der Waals surface area contributed by atoms with Crippen LogP contribution in [0.2, 0.25) is 5.02 Å². The van der Waals surface area contributed by atoms with Crippen LogP contribution in [0, 0.1) is 0 Å². The van der Waals surface area contributed by atoms with Crippen molar-refractivity contribution in [3.8, 4) is 0 Å². The number of alkyl halides is 1. The van der Waals surface area contributed by atoms with Crippen LogP contribution in [-0.2, 0) is 0 Å². The van der Waals surface area contributed by atoms with Gasteiger partial charge in [-0.2, -0.15) is 0 Å². The molecule has 0 heterocycles. The van der Waals surface area contributed by atoms with E-state index in [1.165, 1.54) is 0 Å². The summed E-state index contributed by atoms with van der Waals surface area (Å²) in [4.78, 5) is 11.8. The van der Waals surface area contributed by atoms with E-state index in [1.807, 2.05) is 0 Å². The first kappa shape index (κ1) is 14.2. The topological polar surface area (TPSA) is 32.3 Å². The molecule has 0 spiro atoms. The first-order valence-corrected chi connectivity index (χ1v) is 5.67. The molecule has 1 N–H and O–H groups in total. The molecule has 6 heteroatoms. The van der Waals surface area contributed by atoms with Crippen LogP contribution in [0.4, 0.5) is 4.39 Å². The number of carbonyl (C=O) groups excluding carboxylic acids is 1.